The zero-order valence-corrected chi connectivity index (χ0v) is 11.2. The molecule has 5 heteroatoms. The van der Waals surface area contributed by atoms with Gasteiger partial charge in [-0.2, -0.15) is 0 Å². The number of hydrogen-bond donors (Lipinski definition) is 0. The second kappa shape index (κ2) is 4.64. The summed E-state index contributed by atoms with van der Waals surface area (Å²) in [4.78, 5) is 2.07. The lowest BCUT2D eigenvalue weighted by Crippen LogP contribution is -2.34. The molecule has 3 rings (SSSR count). The molecule has 1 aromatic heterocycles. The third kappa shape index (κ3) is 2.32. The minimum atomic E-state index is -0.145. The van der Waals surface area contributed by atoms with Crippen LogP contribution in [0, 0.1) is 11.7 Å². The van der Waals surface area contributed by atoms with Gasteiger partial charge in [-0.25, -0.2) is 4.39 Å². The molecule has 0 unspecified atom stereocenters. The van der Waals surface area contributed by atoms with E-state index in [1.165, 1.54) is 6.07 Å². The Kier molecular flexibility index (Phi) is 2.97. The fourth-order valence-corrected chi connectivity index (χ4v) is 2.79. The van der Waals surface area contributed by atoms with Crippen molar-refractivity contribution in [2.75, 3.05) is 11.4 Å². The van der Waals surface area contributed by atoms with Crippen LogP contribution in [0.4, 0.5) is 10.1 Å². The van der Waals surface area contributed by atoms with Crippen molar-refractivity contribution >= 4 is 5.69 Å². The van der Waals surface area contributed by atoms with Gasteiger partial charge < -0.3 is 4.90 Å². The van der Waals surface area contributed by atoms with Gasteiger partial charge in [0.05, 0.1) is 12.2 Å². The fraction of sp³-hybridized carbons (Fsp3) is 0.429. The molecule has 0 saturated heterocycles. The summed E-state index contributed by atoms with van der Waals surface area (Å²) in [6.45, 7) is 3.65. The normalized spacial score (nSPS) is 18.5. The lowest BCUT2D eigenvalue weighted by Gasteiger charge is -2.34. The molecule has 0 bridgehead atoms. The number of benzene rings is 1. The molecule has 2 aromatic rings. The molecule has 0 spiro atoms. The number of fused-ring (bicyclic) bond motifs is 1. The number of aromatic nitrogens is 3. The Labute approximate surface area is 111 Å². The van der Waals surface area contributed by atoms with Gasteiger partial charge in [0.1, 0.15) is 11.5 Å². The lowest BCUT2D eigenvalue weighted by molar-refractivity contribution is 0.510. The molecule has 1 aliphatic rings. The van der Waals surface area contributed by atoms with Crippen molar-refractivity contribution in [3.05, 3.63) is 41.5 Å². The van der Waals surface area contributed by atoms with E-state index >= 15 is 0 Å². The molecule has 100 valence electrons. The maximum Gasteiger partial charge on any atom is 0.146 e. The molecule has 4 nitrogen and oxygen atoms in total. The van der Waals surface area contributed by atoms with Crippen LogP contribution in [0.2, 0.25) is 0 Å². The van der Waals surface area contributed by atoms with Gasteiger partial charge in [-0.05, 0) is 24.0 Å². The highest BCUT2D eigenvalue weighted by Gasteiger charge is 2.25. The van der Waals surface area contributed by atoms with Crippen LogP contribution >= 0.6 is 0 Å². The number of rotatable bonds is 2. The molecule has 2 heterocycles. The molecular formula is C14H17FN4. The Hall–Kier alpha value is -1.91. The Morgan fingerprint density at radius 1 is 1.42 bits per heavy atom. The summed E-state index contributed by atoms with van der Waals surface area (Å²) >= 11 is 0. The van der Waals surface area contributed by atoms with Gasteiger partial charge in [-0.3, -0.25) is 4.68 Å². The second-order valence-corrected chi connectivity index (χ2v) is 5.32. The average Bonchev–Trinajstić information content (AvgIpc) is 2.74. The SMILES string of the molecule is C[C@H]1Cc2cccc(F)c2N(Cc2cn(C)nn2)C1. The summed E-state index contributed by atoms with van der Waals surface area (Å²) in [7, 11) is 1.84. The summed E-state index contributed by atoms with van der Waals surface area (Å²) < 4.78 is 15.7. The van der Waals surface area contributed by atoms with Gasteiger partial charge in [0.2, 0.25) is 0 Å². The quantitative estimate of drug-likeness (QED) is 0.829. The highest BCUT2D eigenvalue weighted by molar-refractivity contribution is 5.57. The topological polar surface area (TPSA) is 34.0 Å². The highest BCUT2D eigenvalue weighted by Crippen LogP contribution is 2.32. The van der Waals surface area contributed by atoms with Crippen LogP contribution < -0.4 is 4.90 Å². The van der Waals surface area contributed by atoms with E-state index in [1.54, 1.807) is 10.7 Å². The molecule has 1 atom stereocenters. The second-order valence-electron chi connectivity index (χ2n) is 5.32. The molecule has 0 saturated carbocycles. The van der Waals surface area contributed by atoms with Crippen molar-refractivity contribution in [2.45, 2.75) is 19.9 Å². The molecule has 0 N–H and O–H groups in total. The van der Waals surface area contributed by atoms with Gasteiger partial charge in [0.25, 0.3) is 0 Å². The van der Waals surface area contributed by atoms with Crippen LogP contribution in [0.25, 0.3) is 0 Å². The summed E-state index contributed by atoms with van der Waals surface area (Å²) in [5.74, 6) is 0.374. The first kappa shape index (κ1) is 12.1. The number of nitrogens with zero attached hydrogens (tertiary/aromatic N) is 4. The molecule has 0 fully saturated rings. The predicted octanol–water partition coefficient (Wildman–Crippen LogP) is 2.15. The summed E-state index contributed by atoms with van der Waals surface area (Å²) in [6.07, 6.45) is 2.81. The molecule has 1 aromatic carbocycles. The van der Waals surface area contributed by atoms with E-state index in [0.717, 1.165) is 29.9 Å². The van der Waals surface area contributed by atoms with E-state index in [9.17, 15) is 4.39 Å². The monoisotopic (exact) mass is 260 g/mol. The van der Waals surface area contributed by atoms with E-state index in [2.05, 4.69) is 22.1 Å². The Morgan fingerprint density at radius 2 is 2.26 bits per heavy atom. The summed E-state index contributed by atoms with van der Waals surface area (Å²) in [6, 6.07) is 5.32. The first-order valence-electron chi connectivity index (χ1n) is 6.51. The number of hydrogen-bond acceptors (Lipinski definition) is 3. The maximum atomic E-state index is 14.1. The van der Waals surface area contributed by atoms with Gasteiger partial charge in [-0.15, -0.1) is 5.10 Å². The molecule has 0 aliphatic carbocycles. The highest BCUT2D eigenvalue weighted by atomic mass is 19.1. The zero-order valence-electron chi connectivity index (χ0n) is 11.2. The maximum absolute atomic E-state index is 14.1. The van der Waals surface area contributed by atoms with E-state index in [4.69, 9.17) is 0 Å². The minimum Gasteiger partial charge on any atom is -0.363 e. The largest absolute Gasteiger partial charge is 0.363 e. The third-order valence-electron chi connectivity index (χ3n) is 3.49. The summed E-state index contributed by atoms with van der Waals surface area (Å²) in [5, 5.41) is 8.01. The van der Waals surface area contributed by atoms with Crippen molar-refractivity contribution in [1.82, 2.24) is 15.0 Å². The number of aryl methyl sites for hydroxylation is 1. The minimum absolute atomic E-state index is 0.145. The van der Waals surface area contributed by atoms with Crippen LogP contribution in [0.15, 0.2) is 24.4 Å². The van der Waals surface area contributed by atoms with Gasteiger partial charge in [-0.1, -0.05) is 24.3 Å². The predicted molar refractivity (Wildman–Crippen MR) is 71.3 cm³/mol. The molecule has 1 aliphatic heterocycles. The first-order valence-corrected chi connectivity index (χ1v) is 6.51. The van der Waals surface area contributed by atoms with Crippen molar-refractivity contribution < 1.29 is 4.39 Å². The molecule has 19 heavy (non-hydrogen) atoms. The lowest BCUT2D eigenvalue weighted by atomic mass is 9.93. The molecule has 0 amide bonds. The van der Waals surface area contributed by atoms with Gasteiger partial charge in [0, 0.05) is 19.8 Å². The first-order chi connectivity index (χ1) is 9.13. The molecular weight excluding hydrogens is 243 g/mol. The average molecular weight is 260 g/mol. The van der Waals surface area contributed by atoms with E-state index < -0.39 is 0 Å². The van der Waals surface area contributed by atoms with Crippen molar-refractivity contribution in [3.8, 4) is 0 Å². The zero-order chi connectivity index (χ0) is 13.4. The number of para-hydroxylation sites is 1. The Morgan fingerprint density at radius 3 is 3.00 bits per heavy atom. The van der Waals surface area contributed by atoms with Gasteiger partial charge >= 0.3 is 0 Å². The van der Waals surface area contributed by atoms with Crippen LogP contribution in [-0.2, 0) is 20.0 Å². The smallest absolute Gasteiger partial charge is 0.146 e. The molecule has 0 radical (unpaired) electrons. The van der Waals surface area contributed by atoms with Crippen molar-refractivity contribution in [1.29, 1.82) is 0 Å². The van der Waals surface area contributed by atoms with Crippen molar-refractivity contribution in [3.63, 3.8) is 0 Å². The van der Waals surface area contributed by atoms with Gasteiger partial charge in [0.15, 0.2) is 0 Å². The van der Waals surface area contributed by atoms with E-state index in [1.807, 2.05) is 19.3 Å². The van der Waals surface area contributed by atoms with E-state index in [0.29, 0.717) is 12.5 Å². The third-order valence-corrected chi connectivity index (χ3v) is 3.49. The van der Waals surface area contributed by atoms with E-state index in [-0.39, 0.29) is 5.82 Å². The number of halogens is 1. The van der Waals surface area contributed by atoms with Crippen LogP contribution in [0.3, 0.4) is 0 Å². The Balaban J connectivity index is 1.94. The fourth-order valence-electron chi connectivity index (χ4n) is 2.79. The van der Waals surface area contributed by atoms with Crippen LogP contribution in [0.1, 0.15) is 18.2 Å². The Bertz CT molecular complexity index is 593. The van der Waals surface area contributed by atoms with Crippen LogP contribution in [0.5, 0.6) is 0 Å². The van der Waals surface area contributed by atoms with Crippen LogP contribution in [-0.4, -0.2) is 21.5 Å². The summed E-state index contributed by atoms with van der Waals surface area (Å²) in [5.41, 5.74) is 2.68. The van der Waals surface area contributed by atoms with Crippen molar-refractivity contribution in [2.24, 2.45) is 13.0 Å². The standard InChI is InChI=1S/C14H17FN4/c1-10-6-11-4-3-5-13(15)14(11)19(7-10)9-12-8-18(2)17-16-12/h3-5,8,10H,6-7,9H2,1-2H3/t10-/m0/s1. The number of anilines is 1.